The van der Waals surface area contributed by atoms with Crippen LogP contribution in [0, 0.1) is 0 Å². The van der Waals surface area contributed by atoms with E-state index in [1.807, 2.05) is 24.4 Å². The maximum Gasteiger partial charge on any atom is 0.0563 e. The molecule has 0 unspecified atom stereocenters. The van der Waals surface area contributed by atoms with Crippen molar-refractivity contribution in [3.05, 3.63) is 46.4 Å². The van der Waals surface area contributed by atoms with Gasteiger partial charge in [0.1, 0.15) is 0 Å². The molecular weight excluding hydrogens is 178 g/mol. The van der Waals surface area contributed by atoms with Gasteiger partial charge in [-0.3, -0.25) is 4.99 Å². The molecule has 0 radical (unpaired) electrons. The van der Waals surface area contributed by atoms with Crippen LogP contribution in [0.3, 0.4) is 0 Å². The smallest absolute Gasteiger partial charge is 0.0563 e. The number of hydrogen-bond acceptors (Lipinski definition) is 2. The summed E-state index contributed by atoms with van der Waals surface area (Å²) in [5.41, 5.74) is 8.09. The summed E-state index contributed by atoms with van der Waals surface area (Å²) in [5, 5.41) is 0. The lowest BCUT2D eigenvalue weighted by Crippen LogP contribution is -2.03. The first-order chi connectivity index (χ1) is 6.36. The van der Waals surface area contributed by atoms with E-state index >= 15 is 0 Å². The molecule has 0 spiro atoms. The molecule has 0 saturated heterocycles. The van der Waals surface area contributed by atoms with E-state index in [4.69, 9.17) is 0 Å². The molecule has 0 aromatic rings. The van der Waals surface area contributed by atoms with Crippen LogP contribution in [-0.4, -0.2) is 5.71 Å². The van der Waals surface area contributed by atoms with E-state index in [1.165, 1.54) is 0 Å². The van der Waals surface area contributed by atoms with Crippen molar-refractivity contribution in [2.24, 2.45) is 4.99 Å². The Bertz CT molecular complexity index is 411. The highest BCUT2D eigenvalue weighted by Gasteiger charge is 2.08. The number of nitrogens with zero attached hydrogens (tertiary/aromatic N) is 1. The Morgan fingerprint density at radius 1 is 1.38 bits per heavy atom. The zero-order valence-electron chi connectivity index (χ0n) is 7.12. The molecule has 2 rings (SSSR count). The average Bonchev–Trinajstić information content (AvgIpc) is 2.20. The van der Waals surface area contributed by atoms with Crippen LogP contribution < -0.4 is 0 Å². The summed E-state index contributed by atoms with van der Waals surface area (Å²) in [6.07, 6.45) is 9.53. The second-order valence-corrected chi connectivity index (χ2v) is 3.48. The lowest BCUT2D eigenvalue weighted by atomic mass is 10.0. The summed E-state index contributed by atoms with van der Waals surface area (Å²) in [7, 11) is 0. The lowest BCUT2D eigenvalue weighted by molar-refractivity contribution is 1.04. The van der Waals surface area contributed by atoms with Crippen molar-refractivity contribution in [1.82, 2.24) is 0 Å². The number of thiol groups is 1. The zero-order valence-corrected chi connectivity index (χ0v) is 8.01. The van der Waals surface area contributed by atoms with Crippen LogP contribution in [0.5, 0.6) is 0 Å². The lowest BCUT2D eigenvalue weighted by Gasteiger charge is -2.09. The van der Waals surface area contributed by atoms with E-state index in [1.54, 1.807) is 0 Å². The summed E-state index contributed by atoms with van der Waals surface area (Å²) in [4.78, 5) is 5.35. The molecule has 2 aliphatic rings. The predicted octanol–water partition coefficient (Wildman–Crippen LogP) is 2.80. The molecule has 0 N–H and O–H groups in total. The maximum atomic E-state index is 4.31. The van der Waals surface area contributed by atoms with E-state index in [9.17, 15) is 0 Å². The molecule has 0 aromatic heterocycles. The topological polar surface area (TPSA) is 12.4 Å². The Labute approximate surface area is 83.0 Å². The Balaban J connectivity index is 2.33. The van der Waals surface area contributed by atoms with Gasteiger partial charge in [-0.25, -0.2) is 0 Å². The largest absolute Gasteiger partial charge is 0.259 e. The van der Waals surface area contributed by atoms with E-state index in [0.717, 1.165) is 29.0 Å². The summed E-state index contributed by atoms with van der Waals surface area (Å²) >= 11 is 4.25. The van der Waals surface area contributed by atoms with Crippen LogP contribution >= 0.6 is 12.6 Å². The van der Waals surface area contributed by atoms with Crippen LogP contribution in [0.1, 0.15) is 12.8 Å². The highest BCUT2D eigenvalue weighted by molar-refractivity contribution is 7.84. The van der Waals surface area contributed by atoms with Crippen molar-refractivity contribution in [1.29, 1.82) is 0 Å². The third-order valence-electron chi connectivity index (χ3n) is 1.95. The summed E-state index contributed by atoms with van der Waals surface area (Å²) < 4.78 is 0. The van der Waals surface area contributed by atoms with Gasteiger partial charge in [-0.05, 0) is 25.0 Å². The van der Waals surface area contributed by atoms with Crippen LogP contribution in [0.15, 0.2) is 51.4 Å². The van der Waals surface area contributed by atoms with Gasteiger partial charge < -0.3 is 0 Å². The second kappa shape index (κ2) is 3.68. The summed E-state index contributed by atoms with van der Waals surface area (Å²) in [6, 6.07) is 0. The SMILES string of the molecule is SC1=CN=C(C2=C=C=CC=C2)CC1. The number of hydrogen-bond donors (Lipinski definition) is 1. The standard InChI is InChI=1S/C11H9NS/c13-10-6-7-11(12-8-10)9-4-2-1-3-5-9/h1-2,4,8,13H,6-7H2. The normalized spacial score (nSPS) is 19.6. The molecule has 64 valence electrons. The zero-order chi connectivity index (χ0) is 9.10. The quantitative estimate of drug-likeness (QED) is 0.479. The van der Waals surface area contributed by atoms with Crippen molar-refractivity contribution in [2.75, 3.05) is 0 Å². The molecule has 1 aliphatic heterocycles. The first-order valence-corrected chi connectivity index (χ1v) is 4.64. The van der Waals surface area contributed by atoms with Gasteiger partial charge in [0.25, 0.3) is 0 Å². The van der Waals surface area contributed by atoms with Gasteiger partial charge in [0.05, 0.1) is 5.71 Å². The molecule has 0 atom stereocenters. The third-order valence-corrected chi connectivity index (χ3v) is 2.29. The maximum absolute atomic E-state index is 4.31. The Kier molecular flexibility index (Phi) is 2.37. The fraction of sp³-hybridized carbons (Fsp3) is 0.182. The fourth-order valence-electron chi connectivity index (χ4n) is 1.25. The molecule has 13 heavy (non-hydrogen) atoms. The molecule has 0 bridgehead atoms. The predicted molar refractivity (Wildman–Crippen MR) is 58.0 cm³/mol. The highest BCUT2D eigenvalue weighted by Crippen LogP contribution is 2.19. The number of aliphatic imine (C=N–C) groups is 1. The molecule has 0 aromatic carbocycles. The monoisotopic (exact) mass is 187 g/mol. The van der Waals surface area contributed by atoms with Gasteiger partial charge >= 0.3 is 0 Å². The van der Waals surface area contributed by atoms with Crippen molar-refractivity contribution < 1.29 is 0 Å². The average molecular weight is 187 g/mol. The fourth-order valence-corrected chi connectivity index (χ4v) is 1.42. The van der Waals surface area contributed by atoms with Crippen LogP contribution in [0.4, 0.5) is 0 Å². The van der Waals surface area contributed by atoms with Crippen molar-refractivity contribution in [3.8, 4) is 0 Å². The number of rotatable bonds is 1. The first-order valence-electron chi connectivity index (χ1n) is 4.20. The van der Waals surface area contributed by atoms with Gasteiger partial charge in [0, 0.05) is 16.7 Å². The van der Waals surface area contributed by atoms with Gasteiger partial charge in [-0.2, -0.15) is 0 Å². The minimum atomic E-state index is 0.948. The van der Waals surface area contributed by atoms with E-state index < -0.39 is 0 Å². The first kappa shape index (κ1) is 8.40. The Morgan fingerprint density at radius 2 is 2.31 bits per heavy atom. The van der Waals surface area contributed by atoms with Gasteiger partial charge in [-0.1, -0.05) is 17.5 Å². The van der Waals surface area contributed by atoms with Crippen molar-refractivity contribution in [3.63, 3.8) is 0 Å². The molecule has 1 aliphatic carbocycles. The summed E-state index contributed by atoms with van der Waals surface area (Å²) in [5.74, 6) is 0. The van der Waals surface area contributed by atoms with Gasteiger partial charge in [-0.15, -0.1) is 12.6 Å². The molecule has 0 amide bonds. The van der Waals surface area contributed by atoms with Crippen LogP contribution in [-0.2, 0) is 0 Å². The molecule has 1 nitrogen and oxygen atoms in total. The van der Waals surface area contributed by atoms with E-state index in [2.05, 4.69) is 29.1 Å². The van der Waals surface area contributed by atoms with Crippen molar-refractivity contribution >= 4 is 18.3 Å². The molecule has 0 saturated carbocycles. The highest BCUT2D eigenvalue weighted by atomic mass is 32.1. The summed E-state index contributed by atoms with van der Waals surface area (Å²) in [6.45, 7) is 0. The Morgan fingerprint density at radius 3 is 2.92 bits per heavy atom. The second-order valence-electron chi connectivity index (χ2n) is 2.91. The minimum Gasteiger partial charge on any atom is -0.259 e. The van der Waals surface area contributed by atoms with E-state index in [-0.39, 0.29) is 0 Å². The third kappa shape index (κ3) is 1.93. The number of allylic oxidation sites excluding steroid dienone is 5. The van der Waals surface area contributed by atoms with Crippen LogP contribution in [0.25, 0.3) is 0 Å². The minimum absolute atomic E-state index is 0.948. The van der Waals surface area contributed by atoms with E-state index in [0.29, 0.717) is 0 Å². The molecule has 2 heteroatoms. The Hall–Kier alpha value is -1.20. The molecular formula is C11H9NS. The van der Waals surface area contributed by atoms with Gasteiger partial charge in [0.2, 0.25) is 0 Å². The molecule has 1 heterocycles. The van der Waals surface area contributed by atoms with Crippen molar-refractivity contribution in [2.45, 2.75) is 12.8 Å². The van der Waals surface area contributed by atoms with Gasteiger partial charge in [0.15, 0.2) is 0 Å². The van der Waals surface area contributed by atoms with Crippen LogP contribution in [0.2, 0.25) is 0 Å². The molecule has 0 fully saturated rings.